The number of benzene rings is 2. The number of halogens is 5. The molecule has 7 nitrogen and oxygen atoms in total. The van der Waals surface area contributed by atoms with Crippen LogP contribution in [-0.2, 0) is 13.2 Å². The third-order valence-corrected chi connectivity index (χ3v) is 5.16. The summed E-state index contributed by atoms with van der Waals surface area (Å²) in [6.45, 7) is 0.296. The molecule has 0 fully saturated rings. The Morgan fingerprint density at radius 2 is 1.89 bits per heavy atom. The molecule has 12 heteroatoms. The molecular weight excluding hydrogens is 490 g/mol. The van der Waals surface area contributed by atoms with Crippen LogP contribution >= 0.6 is 11.6 Å². The molecule has 0 atom stereocenters. The van der Waals surface area contributed by atoms with Gasteiger partial charge in [0.1, 0.15) is 23.0 Å². The summed E-state index contributed by atoms with van der Waals surface area (Å²) in [4.78, 5) is 20.4. The summed E-state index contributed by atoms with van der Waals surface area (Å²) in [5, 5.41) is 5.23. The number of amides is 1. The van der Waals surface area contributed by atoms with Gasteiger partial charge in [-0.2, -0.15) is 13.2 Å². The minimum absolute atomic E-state index is 0.137. The first-order valence-corrected chi connectivity index (χ1v) is 10.8. The van der Waals surface area contributed by atoms with Crippen LogP contribution in [0.5, 0.6) is 11.5 Å². The molecule has 2 aromatic heterocycles. The topological polar surface area (TPSA) is 81.1 Å². The van der Waals surface area contributed by atoms with E-state index in [0.717, 1.165) is 6.07 Å². The summed E-state index contributed by atoms with van der Waals surface area (Å²) in [5.41, 5.74) is -0.103. The number of hydrogen-bond donors (Lipinski definition) is 2. The van der Waals surface area contributed by atoms with Crippen molar-refractivity contribution in [2.45, 2.75) is 6.18 Å². The maximum atomic E-state index is 14.2. The van der Waals surface area contributed by atoms with Crippen molar-refractivity contribution in [3.8, 4) is 11.5 Å². The molecule has 2 aromatic carbocycles. The summed E-state index contributed by atoms with van der Waals surface area (Å²) in [6, 6.07) is 10.1. The highest BCUT2D eigenvalue weighted by atomic mass is 35.5. The van der Waals surface area contributed by atoms with E-state index in [4.69, 9.17) is 16.3 Å². The monoisotopic (exact) mass is 507 g/mol. The number of rotatable bonds is 7. The second kappa shape index (κ2) is 9.79. The first kappa shape index (κ1) is 24.3. The van der Waals surface area contributed by atoms with Crippen molar-refractivity contribution in [3.05, 3.63) is 71.8 Å². The fourth-order valence-electron chi connectivity index (χ4n) is 3.26. The minimum Gasteiger partial charge on any atom is -0.457 e. The second-order valence-corrected chi connectivity index (χ2v) is 7.76. The number of imidazole rings is 1. The lowest BCUT2D eigenvalue weighted by Gasteiger charge is -2.11. The number of carbonyl (C=O) groups is 1. The van der Waals surface area contributed by atoms with Crippen molar-refractivity contribution in [2.24, 2.45) is 7.05 Å². The summed E-state index contributed by atoms with van der Waals surface area (Å²) < 4.78 is 60.6. The molecule has 0 saturated carbocycles. The van der Waals surface area contributed by atoms with E-state index >= 15 is 0 Å². The number of nitrogens with one attached hydrogen (secondary N) is 2. The lowest BCUT2D eigenvalue weighted by Crippen LogP contribution is -2.26. The van der Waals surface area contributed by atoms with E-state index in [1.807, 2.05) is 0 Å². The van der Waals surface area contributed by atoms with Gasteiger partial charge >= 0.3 is 6.18 Å². The molecule has 4 aromatic rings. The highest BCUT2D eigenvalue weighted by Gasteiger charge is 2.31. The van der Waals surface area contributed by atoms with Crippen LogP contribution in [0, 0.1) is 5.82 Å². The lowest BCUT2D eigenvalue weighted by atomic mass is 10.2. The van der Waals surface area contributed by atoms with Crippen LogP contribution < -0.4 is 15.4 Å². The first-order chi connectivity index (χ1) is 16.7. The van der Waals surface area contributed by atoms with Gasteiger partial charge in [-0.15, -0.1) is 11.6 Å². The second-order valence-electron chi connectivity index (χ2n) is 7.39. The predicted molar refractivity (Wildman–Crippen MR) is 123 cm³/mol. The number of carbonyl (C=O) groups excluding carboxylic acids is 1. The Morgan fingerprint density at radius 3 is 2.63 bits per heavy atom. The number of ether oxygens (including phenoxy) is 1. The number of nitrogens with zero attached hydrogens (tertiary/aromatic N) is 3. The number of aromatic nitrogens is 3. The smallest absolute Gasteiger partial charge is 0.416 e. The number of fused-ring (bicyclic) bond motifs is 1. The average Bonchev–Trinajstić information content (AvgIpc) is 3.12. The van der Waals surface area contributed by atoms with Crippen molar-refractivity contribution in [3.63, 3.8) is 0 Å². The van der Waals surface area contributed by atoms with Gasteiger partial charge < -0.3 is 19.9 Å². The minimum atomic E-state index is -4.61. The third kappa shape index (κ3) is 5.46. The number of alkyl halides is 4. The fraction of sp³-hybridized carbons (Fsp3) is 0.174. The highest BCUT2D eigenvalue weighted by Crippen LogP contribution is 2.33. The zero-order chi connectivity index (χ0) is 25.2. The van der Waals surface area contributed by atoms with E-state index in [0.29, 0.717) is 41.2 Å². The molecule has 0 bridgehead atoms. The molecule has 2 N–H and O–H groups in total. The molecule has 4 rings (SSSR count). The molecule has 0 unspecified atom stereocenters. The van der Waals surface area contributed by atoms with E-state index in [1.165, 1.54) is 12.3 Å². The van der Waals surface area contributed by atoms with Gasteiger partial charge in [0.25, 0.3) is 5.91 Å². The van der Waals surface area contributed by atoms with Gasteiger partial charge in [-0.05, 0) is 36.4 Å². The van der Waals surface area contributed by atoms with E-state index < -0.39 is 23.5 Å². The van der Waals surface area contributed by atoms with Crippen molar-refractivity contribution in [1.29, 1.82) is 0 Å². The van der Waals surface area contributed by atoms with Gasteiger partial charge in [0, 0.05) is 37.8 Å². The molecule has 2 heterocycles. The molecule has 0 spiro atoms. The van der Waals surface area contributed by atoms with Crippen LogP contribution in [0.25, 0.3) is 11.0 Å². The first-order valence-electron chi connectivity index (χ1n) is 10.2. The van der Waals surface area contributed by atoms with E-state index in [1.54, 1.807) is 35.9 Å². The van der Waals surface area contributed by atoms with E-state index in [9.17, 15) is 22.4 Å². The van der Waals surface area contributed by atoms with Crippen LogP contribution in [0.3, 0.4) is 0 Å². The standard InChI is InChI=1S/C23H18ClF4N5O2/c1-33-20-5-3-14(35-15-6-8-29-19(12-15)21(34)30-9-7-24)11-18(20)32-22(33)31-17-10-13(23(26,27)28)2-4-16(17)25/h2-6,8,10-12H,7,9H2,1H3,(H,30,34)(H,31,32). The third-order valence-electron chi connectivity index (χ3n) is 4.97. The van der Waals surface area contributed by atoms with Crippen LogP contribution in [0.2, 0.25) is 0 Å². The molecule has 1 amide bonds. The number of pyridine rings is 1. The fourth-order valence-corrected chi connectivity index (χ4v) is 3.35. The average molecular weight is 508 g/mol. The molecule has 0 aliphatic rings. The lowest BCUT2D eigenvalue weighted by molar-refractivity contribution is -0.137. The van der Waals surface area contributed by atoms with Gasteiger partial charge in [-0.1, -0.05) is 0 Å². The van der Waals surface area contributed by atoms with Gasteiger partial charge in [0.15, 0.2) is 0 Å². The predicted octanol–water partition coefficient (Wildman–Crippen LogP) is 5.63. The largest absolute Gasteiger partial charge is 0.457 e. The summed E-state index contributed by atoms with van der Waals surface area (Å²) in [5.74, 6) is -0.0890. The van der Waals surface area contributed by atoms with Gasteiger partial charge in [-0.3, -0.25) is 9.78 Å². The van der Waals surface area contributed by atoms with Gasteiger partial charge in [0.05, 0.1) is 22.3 Å². The Labute approximate surface area is 201 Å². The van der Waals surface area contributed by atoms with Crippen molar-refractivity contribution in [2.75, 3.05) is 17.7 Å². The van der Waals surface area contributed by atoms with Crippen molar-refractivity contribution < 1.29 is 27.1 Å². The van der Waals surface area contributed by atoms with Crippen LogP contribution in [0.15, 0.2) is 54.7 Å². The van der Waals surface area contributed by atoms with Gasteiger partial charge in [0.2, 0.25) is 5.95 Å². The molecule has 35 heavy (non-hydrogen) atoms. The number of hydrogen-bond acceptors (Lipinski definition) is 5. The maximum absolute atomic E-state index is 14.2. The van der Waals surface area contributed by atoms with Crippen LogP contribution in [0.1, 0.15) is 16.1 Å². The van der Waals surface area contributed by atoms with Gasteiger partial charge in [-0.25, -0.2) is 9.37 Å². The number of aryl methyl sites for hydroxylation is 1. The normalized spacial score (nSPS) is 11.5. The molecule has 0 saturated heterocycles. The Kier molecular flexibility index (Phi) is 6.79. The van der Waals surface area contributed by atoms with Crippen molar-refractivity contribution in [1.82, 2.24) is 19.9 Å². The molecule has 182 valence electrons. The molecular formula is C23H18ClF4N5O2. The van der Waals surface area contributed by atoms with E-state index in [-0.39, 0.29) is 23.2 Å². The Morgan fingerprint density at radius 1 is 1.11 bits per heavy atom. The Bertz CT molecular complexity index is 1390. The highest BCUT2D eigenvalue weighted by molar-refractivity contribution is 6.18. The molecule has 0 aliphatic carbocycles. The zero-order valence-electron chi connectivity index (χ0n) is 18.2. The number of anilines is 2. The van der Waals surface area contributed by atoms with Crippen LogP contribution in [-0.4, -0.2) is 32.9 Å². The zero-order valence-corrected chi connectivity index (χ0v) is 18.9. The van der Waals surface area contributed by atoms with Crippen LogP contribution in [0.4, 0.5) is 29.2 Å². The molecule has 0 radical (unpaired) electrons. The Balaban J connectivity index is 1.58. The summed E-state index contributed by atoms with van der Waals surface area (Å²) in [6.07, 6.45) is -3.18. The maximum Gasteiger partial charge on any atom is 0.416 e. The SMILES string of the molecule is Cn1c(Nc2cc(C(F)(F)F)ccc2F)nc2cc(Oc3ccnc(C(=O)NCCCl)c3)ccc21. The van der Waals surface area contributed by atoms with Crippen molar-refractivity contribution >= 4 is 40.2 Å². The van der Waals surface area contributed by atoms with E-state index in [2.05, 4.69) is 20.6 Å². The molecule has 0 aliphatic heterocycles. The summed E-state index contributed by atoms with van der Waals surface area (Å²) in [7, 11) is 1.64. The summed E-state index contributed by atoms with van der Waals surface area (Å²) >= 11 is 5.57. The Hall–Kier alpha value is -3.86. The quantitative estimate of drug-likeness (QED) is 0.250.